The van der Waals surface area contributed by atoms with E-state index in [1.807, 2.05) is 13.0 Å². The molecule has 2 aromatic rings. The number of sulfonamides is 1. The summed E-state index contributed by atoms with van der Waals surface area (Å²) in [6, 6.07) is 6.88. The number of pyridine rings is 1. The summed E-state index contributed by atoms with van der Waals surface area (Å²) in [4.78, 5) is 4.33. The van der Waals surface area contributed by atoms with Crippen molar-refractivity contribution in [3.63, 3.8) is 0 Å². The number of halogens is 1. The molecule has 2 N–H and O–H groups in total. The molecule has 7 heteroatoms. The monoisotopic (exact) mass is 367 g/mol. The van der Waals surface area contributed by atoms with Crippen molar-refractivity contribution in [2.45, 2.75) is 24.9 Å². The zero-order valence-electron chi connectivity index (χ0n) is 11.4. The summed E-state index contributed by atoms with van der Waals surface area (Å²) < 4.78 is 28.2. The molecule has 0 saturated heterocycles. The van der Waals surface area contributed by atoms with E-state index in [1.165, 1.54) is 0 Å². The topological polar surface area (TPSA) is 71.1 Å². The van der Waals surface area contributed by atoms with E-state index in [0.29, 0.717) is 12.4 Å². The molecule has 0 atom stereocenters. The molecule has 0 amide bonds. The van der Waals surface area contributed by atoms with Crippen LogP contribution in [0.15, 0.2) is 39.8 Å². The molecule has 0 aliphatic carbocycles. The zero-order chi connectivity index (χ0) is 15.0. The van der Waals surface area contributed by atoms with Crippen molar-refractivity contribution in [3.05, 3.63) is 51.6 Å². The van der Waals surface area contributed by atoms with Gasteiger partial charge in [0.05, 0.1) is 4.90 Å². The number of hydrogen-bond acceptors (Lipinski definition) is 4. The van der Waals surface area contributed by atoms with Crippen LogP contribution in [0.4, 0.5) is 5.82 Å². The number of benzene rings is 1. The molecule has 1 aromatic carbocycles. The van der Waals surface area contributed by atoms with Gasteiger partial charge in [-0.15, -0.1) is 0 Å². The van der Waals surface area contributed by atoms with Gasteiger partial charge in [-0.1, -0.05) is 6.07 Å². The van der Waals surface area contributed by atoms with Gasteiger partial charge in [0.25, 0.3) is 10.0 Å². The van der Waals surface area contributed by atoms with Gasteiger partial charge in [-0.2, -0.15) is 0 Å². The first kappa shape index (κ1) is 14.5. The van der Waals surface area contributed by atoms with Crippen LogP contribution in [-0.2, 0) is 23.1 Å². The predicted molar refractivity (Wildman–Crippen MR) is 84.5 cm³/mol. The molecule has 1 aliphatic heterocycles. The summed E-state index contributed by atoms with van der Waals surface area (Å²) in [5.41, 5.74) is 3.09. The normalized spacial score (nSPS) is 14.0. The van der Waals surface area contributed by atoms with Gasteiger partial charge in [0.15, 0.2) is 0 Å². The van der Waals surface area contributed by atoms with Gasteiger partial charge in [-0.3, -0.25) is 4.72 Å². The summed E-state index contributed by atoms with van der Waals surface area (Å²) in [6.45, 7) is 3.37. The van der Waals surface area contributed by atoms with Crippen molar-refractivity contribution in [2.75, 3.05) is 4.72 Å². The van der Waals surface area contributed by atoms with Crippen LogP contribution in [0, 0.1) is 6.92 Å². The Morgan fingerprint density at radius 1 is 1.24 bits per heavy atom. The number of fused-ring (bicyclic) bond motifs is 1. The van der Waals surface area contributed by atoms with Crippen LogP contribution < -0.4 is 10.0 Å². The molecule has 110 valence electrons. The molecule has 0 saturated carbocycles. The second-order valence-corrected chi connectivity index (χ2v) is 7.50. The van der Waals surface area contributed by atoms with Crippen molar-refractivity contribution in [1.29, 1.82) is 0 Å². The minimum Gasteiger partial charge on any atom is -0.309 e. The lowest BCUT2D eigenvalue weighted by Gasteiger charge is -2.09. The van der Waals surface area contributed by atoms with Gasteiger partial charge < -0.3 is 5.32 Å². The van der Waals surface area contributed by atoms with E-state index in [-0.39, 0.29) is 4.90 Å². The van der Waals surface area contributed by atoms with E-state index in [1.54, 1.807) is 24.4 Å². The molecule has 1 aromatic heterocycles. The maximum Gasteiger partial charge on any atom is 0.263 e. The molecule has 1 aliphatic rings. The molecule has 0 bridgehead atoms. The fourth-order valence-electron chi connectivity index (χ4n) is 2.23. The van der Waals surface area contributed by atoms with E-state index in [4.69, 9.17) is 0 Å². The number of anilines is 1. The van der Waals surface area contributed by atoms with Gasteiger partial charge in [0.1, 0.15) is 5.82 Å². The Balaban J connectivity index is 1.91. The minimum absolute atomic E-state index is 0.257. The molecule has 3 rings (SSSR count). The number of nitrogens with zero attached hydrogens (tertiary/aromatic N) is 1. The smallest absolute Gasteiger partial charge is 0.263 e. The highest BCUT2D eigenvalue weighted by Gasteiger charge is 2.19. The number of aromatic nitrogens is 1. The maximum absolute atomic E-state index is 12.4. The average Bonchev–Trinajstić information content (AvgIpc) is 2.90. The maximum atomic E-state index is 12.4. The van der Waals surface area contributed by atoms with E-state index in [0.717, 1.165) is 27.7 Å². The molecule has 0 unspecified atom stereocenters. The third-order valence-electron chi connectivity index (χ3n) is 3.40. The van der Waals surface area contributed by atoms with Gasteiger partial charge in [0.2, 0.25) is 0 Å². The Morgan fingerprint density at radius 3 is 2.76 bits per heavy atom. The molecule has 21 heavy (non-hydrogen) atoms. The molecule has 0 radical (unpaired) electrons. The molecule has 0 spiro atoms. The third kappa shape index (κ3) is 2.95. The molecule has 2 heterocycles. The van der Waals surface area contributed by atoms with E-state index < -0.39 is 10.0 Å². The summed E-state index contributed by atoms with van der Waals surface area (Å²) in [5.74, 6) is 0.314. The molecular formula is C14H14BrN3O2S. The van der Waals surface area contributed by atoms with Crippen LogP contribution in [0.3, 0.4) is 0 Å². The van der Waals surface area contributed by atoms with Crippen LogP contribution in [0.5, 0.6) is 0 Å². The molecule has 5 nitrogen and oxygen atoms in total. The Kier molecular flexibility index (Phi) is 3.73. The number of nitrogens with one attached hydrogen (secondary N) is 2. The lowest BCUT2D eigenvalue weighted by molar-refractivity contribution is 0.601. The van der Waals surface area contributed by atoms with Crippen molar-refractivity contribution in [1.82, 2.24) is 10.3 Å². The van der Waals surface area contributed by atoms with Gasteiger partial charge in [-0.25, -0.2) is 13.4 Å². The van der Waals surface area contributed by atoms with E-state index >= 15 is 0 Å². The second-order valence-electron chi connectivity index (χ2n) is 4.96. The summed E-state index contributed by atoms with van der Waals surface area (Å²) >= 11 is 3.34. The number of aryl methyl sites for hydroxylation is 1. The first-order valence-electron chi connectivity index (χ1n) is 6.43. The van der Waals surface area contributed by atoms with Crippen LogP contribution in [0.1, 0.15) is 16.7 Å². The summed E-state index contributed by atoms with van der Waals surface area (Å²) in [7, 11) is -3.62. The third-order valence-corrected chi connectivity index (χ3v) is 5.59. The fraction of sp³-hybridized carbons (Fsp3) is 0.214. The summed E-state index contributed by atoms with van der Waals surface area (Å²) in [5, 5.41) is 3.20. The standard InChI is InChI=1S/C14H14BrN3O2S/c1-9-4-14(17-8-13(9)15)18-21(19,20)12-3-2-10-6-16-7-11(10)5-12/h2-5,8,16H,6-7H2,1H3,(H,17,18). The van der Waals surface area contributed by atoms with Crippen molar-refractivity contribution < 1.29 is 8.42 Å². The highest BCUT2D eigenvalue weighted by molar-refractivity contribution is 9.10. The molecular weight excluding hydrogens is 354 g/mol. The quantitative estimate of drug-likeness (QED) is 0.874. The Hall–Kier alpha value is -1.44. The Morgan fingerprint density at radius 2 is 2.00 bits per heavy atom. The lowest BCUT2D eigenvalue weighted by Crippen LogP contribution is -2.14. The summed E-state index contributed by atoms with van der Waals surface area (Å²) in [6.07, 6.45) is 1.58. The SMILES string of the molecule is Cc1cc(NS(=O)(=O)c2ccc3c(c2)CNC3)ncc1Br. The van der Waals surface area contributed by atoms with Gasteiger partial charge in [0, 0.05) is 23.8 Å². The van der Waals surface area contributed by atoms with Crippen LogP contribution in [0.2, 0.25) is 0 Å². The number of hydrogen-bond donors (Lipinski definition) is 2. The van der Waals surface area contributed by atoms with Gasteiger partial charge >= 0.3 is 0 Å². The highest BCUT2D eigenvalue weighted by Crippen LogP contribution is 2.23. The largest absolute Gasteiger partial charge is 0.309 e. The lowest BCUT2D eigenvalue weighted by atomic mass is 10.1. The van der Waals surface area contributed by atoms with E-state index in [9.17, 15) is 8.42 Å². The first-order valence-corrected chi connectivity index (χ1v) is 8.71. The first-order chi connectivity index (χ1) is 9.95. The number of rotatable bonds is 3. The Labute approximate surface area is 132 Å². The van der Waals surface area contributed by atoms with Crippen molar-refractivity contribution in [2.24, 2.45) is 0 Å². The van der Waals surface area contributed by atoms with Crippen molar-refractivity contribution >= 4 is 31.8 Å². The molecule has 0 fully saturated rings. The fourth-order valence-corrected chi connectivity index (χ4v) is 3.50. The minimum atomic E-state index is -3.62. The van der Waals surface area contributed by atoms with Crippen LogP contribution in [0.25, 0.3) is 0 Å². The van der Waals surface area contributed by atoms with Crippen molar-refractivity contribution in [3.8, 4) is 0 Å². The second kappa shape index (κ2) is 5.40. The Bertz CT molecular complexity index is 806. The van der Waals surface area contributed by atoms with Gasteiger partial charge in [-0.05, 0) is 57.7 Å². The van der Waals surface area contributed by atoms with E-state index in [2.05, 4.69) is 31.0 Å². The zero-order valence-corrected chi connectivity index (χ0v) is 13.8. The van der Waals surface area contributed by atoms with Crippen LogP contribution >= 0.6 is 15.9 Å². The average molecular weight is 368 g/mol. The highest BCUT2D eigenvalue weighted by atomic mass is 79.9. The van der Waals surface area contributed by atoms with Crippen LogP contribution in [-0.4, -0.2) is 13.4 Å². The predicted octanol–water partition coefficient (Wildman–Crippen LogP) is 2.56.